The fraction of sp³-hybridized carbons (Fsp3) is 0.200. The first-order valence-corrected chi connectivity index (χ1v) is 7.27. The Hall–Kier alpha value is -1.26. The molecule has 0 N–H and O–H groups in total. The largest absolute Gasteiger partial charge is 0.493 e. The van der Waals surface area contributed by atoms with Crippen molar-refractivity contribution in [2.24, 2.45) is 0 Å². The van der Waals surface area contributed by atoms with Crippen molar-refractivity contribution in [3.8, 4) is 11.5 Å². The van der Waals surface area contributed by atoms with Gasteiger partial charge in [-0.15, -0.1) is 11.6 Å². The van der Waals surface area contributed by atoms with Gasteiger partial charge in [-0.3, -0.25) is 0 Å². The summed E-state index contributed by atoms with van der Waals surface area (Å²) in [6.07, 6.45) is 0. The summed E-state index contributed by atoms with van der Waals surface area (Å²) in [6.45, 7) is 0.309. The molecule has 0 spiro atoms. The molecule has 0 aliphatic carbocycles. The number of halogens is 3. The normalized spacial score (nSPS) is 10.4. The molecule has 2 rings (SSSR count). The van der Waals surface area contributed by atoms with Crippen molar-refractivity contribution in [3.63, 3.8) is 0 Å². The third-order valence-corrected chi connectivity index (χ3v) is 3.69. The third-order valence-electron chi connectivity index (χ3n) is 2.79. The lowest BCUT2D eigenvalue weighted by molar-refractivity contribution is 0.282. The van der Waals surface area contributed by atoms with Crippen molar-refractivity contribution in [2.45, 2.75) is 12.5 Å². The van der Waals surface area contributed by atoms with Crippen LogP contribution in [0.4, 0.5) is 4.39 Å². The fourth-order valence-corrected chi connectivity index (χ4v) is 2.41. The Morgan fingerprint density at radius 3 is 2.70 bits per heavy atom. The fourth-order valence-electron chi connectivity index (χ4n) is 1.78. The van der Waals surface area contributed by atoms with E-state index in [9.17, 15) is 4.39 Å². The first kappa shape index (κ1) is 15.1. The molecule has 0 aliphatic heterocycles. The molecule has 0 unspecified atom stereocenters. The number of hydrogen-bond donors (Lipinski definition) is 0. The number of rotatable bonds is 5. The minimum Gasteiger partial charge on any atom is -0.493 e. The second-order valence-electron chi connectivity index (χ2n) is 4.12. The highest BCUT2D eigenvalue weighted by Crippen LogP contribution is 2.33. The van der Waals surface area contributed by atoms with Crippen LogP contribution in [0.25, 0.3) is 0 Å². The second kappa shape index (κ2) is 6.95. The minimum atomic E-state index is -0.299. The molecule has 0 atom stereocenters. The number of methoxy groups -OCH3 is 1. The van der Waals surface area contributed by atoms with Gasteiger partial charge in [0, 0.05) is 5.56 Å². The number of hydrogen-bond acceptors (Lipinski definition) is 2. The van der Waals surface area contributed by atoms with Crippen molar-refractivity contribution in [3.05, 3.63) is 57.8 Å². The van der Waals surface area contributed by atoms with Crippen molar-refractivity contribution < 1.29 is 13.9 Å². The zero-order valence-electron chi connectivity index (χ0n) is 10.8. The van der Waals surface area contributed by atoms with Gasteiger partial charge in [-0.25, -0.2) is 4.39 Å². The Morgan fingerprint density at radius 2 is 2.05 bits per heavy atom. The second-order valence-corrected chi connectivity index (χ2v) is 5.24. The van der Waals surface area contributed by atoms with Crippen molar-refractivity contribution in [1.29, 1.82) is 0 Å². The highest BCUT2D eigenvalue weighted by Gasteiger charge is 2.10. The Bertz CT molecular complexity index is 582. The Kier molecular flexibility index (Phi) is 5.26. The maximum Gasteiger partial charge on any atom is 0.166 e. The van der Waals surface area contributed by atoms with Gasteiger partial charge in [-0.1, -0.05) is 18.2 Å². The van der Waals surface area contributed by atoms with E-state index in [4.69, 9.17) is 21.1 Å². The molecule has 2 nitrogen and oxygen atoms in total. The molecule has 0 saturated heterocycles. The third kappa shape index (κ3) is 3.44. The first-order chi connectivity index (χ1) is 9.65. The summed E-state index contributed by atoms with van der Waals surface area (Å²) >= 11 is 9.05. The van der Waals surface area contributed by atoms with E-state index < -0.39 is 0 Å². The van der Waals surface area contributed by atoms with Gasteiger partial charge in [0.15, 0.2) is 11.5 Å². The van der Waals surface area contributed by atoms with Gasteiger partial charge < -0.3 is 9.47 Å². The first-order valence-electron chi connectivity index (χ1n) is 5.94. The van der Waals surface area contributed by atoms with E-state index in [0.717, 1.165) is 11.1 Å². The van der Waals surface area contributed by atoms with Crippen LogP contribution in [0.15, 0.2) is 40.9 Å². The van der Waals surface area contributed by atoms with Crippen LogP contribution in [-0.2, 0) is 12.5 Å². The van der Waals surface area contributed by atoms with Crippen LogP contribution in [0.1, 0.15) is 11.1 Å². The Morgan fingerprint density at radius 1 is 1.25 bits per heavy atom. The summed E-state index contributed by atoms with van der Waals surface area (Å²) in [4.78, 5) is 0. The van der Waals surface area contributed by atoms with Gasteiger partial charge in [0.05, 0.1) is 17.5 Å². The van der Waals surface area contributed by atoms with Crippen LogP contribution >= 0.6 is 27.5 Å². The Balaban J connectivity index is 2.19. The molecule has 0 saturated carbocycles. The molecule has 0 heterocycles. The quantitative estimate of drug-likeness (QED) is 0.706. The summed E-state index contributed by atoms with van der Waals surface area (Å²) in [5, 5.41) is 0. The van der Waals surface area contributed by atoms with Crippen molar-refractivity contribution in [1.82, 2.24) is 0 Å². The number of benzene rings is 2. The van der Waals surface area contributed by atoms with Gasteiger partial charge in [-0.05, 0) is 39.7 Å². The molecule has 0 aromatic heterocycles. The van der Waals surface area contributed by atoms with Crippen LogP contribution in [0.5, 0.6) is 11.5 Å². The van der Waals surface area contributed by atoms with Crippen molar-refractivity contribution >= 4 is 27.5 Å². The van der Waals surface area contributed by atoms with Crippen molar-refractivity contribution in [2.75, 3.05) is 7.11 Å². The predicted molar refractivity (Wildman–Crippen MR) is 81.0 cm³/mol. The molecule has 0 radical (unpaired) electrons. The highest BCUT2D eigenvalue weighted by molar-refractivity contribution is 9.10. The molecule has 0 bridgehead atoms. The van der Waals surface area contributed by atoms with E-state index in [1.165, 1.54) is 6.07 Å². The lowest BCUT2D eigenvalue weighted by Gasteiger charge is -2.14. The van der Waals surface area contributed by atoms with Gasteiger partial charge in [-0.2, -0.15) is 0 Å². The van der Waals surface area contributed by atoms with E-state index in [1.807, 2.05) is 18.2 Å². The average Bonchev–Trinajstić information content (AvgIpc) is 2.48. The number of ether oxygens (including phenoxy) is 2. The topological polar surface area (TPSA) is 18.5 Å². The zero-order chi connectivity index (χ0) is 14.5. The molecule has 5 heteroatoms. The lowest BCUT2D eigenvalue weighted by atomic mass is 10.2. The summed E-state index contributed by atoms with van der Waals surface area (Å²) < 4.78 is 24.6. The monoisotopic (exact) mass is 358 g/mol. The molecule has 2 aromatic carbocycles. The van der Waals surface area contributed by atoms with Crippen LogP contribution in [-0.4, -0.2) is 7.11 Å². The van der Waals surface area contributed by atoms with E-state index in [-0.39, 0.29) is 5.82 Å². The molecule has 2 aromatic rings. The SMILES string of the molecule is COc1cccc(CCl)c1OCc1ccc(F)c(Br)c1. The number of para-hydroxylation sites is 1. The van der Waals surface area contributed by atoms with Gasteiger partial charge >= 0.3 is 0 Å². The summed E-state index contributed by atoms with van der Waals surface area (Å²) in [5.41, 5.74) is 1.71. The molecule has 106 valence electrons. The number of alkyl halides is 1. The molecule has 0 aliphatic rings. The smallest absolute Gasteiger partial charge is 0.166 e. The van der Waals surface area contributed by atoms with E-state index in [0.29, 0.717) is 28.5 Å². The van der Waals surface area contributed by atoms with Crippen LogP contribution in [0.3, 0.4) is 0 Å². The predicted octanol–water partition coefficient (Wildman–Crippen LogP) is 4.91. The summed E-state index contributed by atoms with van der Waals surface area (Å²) in [7, 11) is 1.58. The Labute approximate surface area is 130 Å². The maximum atomic E-state index is 13.2. The van der Waals surface area contributed by atoms with Gasteiger partial charge in [0.1, 0.15) is 12.4 Å². The minimum absolute atomic E-state index is 0.299. The molecule has 0 amide bonds. The van der Waals surface area contributed by atoms with E-state index >= 15 is 0 Å². The average molecular weight is 360 g/mol. The molecular formula is C15H13BrClFO2. The van der Waals surface area contributed by atoms with Gasteiger partial charge in [0.2, 0.25) is 0 Å². The standard InChI is InChI=1S/C15H13BrClFO2/c1-19-14-4-2-3-11(8-17)15(14)20-9-10-5-6-13(18)12(16)7-10/h2-7H,8-9H2,1H3. The van der Waals surface area contributed by atoms with E-state index in [2.05, 4.69) is 15.9 Å². The maximum absolute atomic E-state index is 13.2. The zero-order valence-corrected chi connectivity index (χ0v) is 13.2. The molecular weight excluding hydrogens is 347 g/mol. The molecule has 20 heavy (non-hydrogen) atoms. The van der Waals surface area contributed by atoms with Crippen LogP contribution in [0.2, 0.25) is 0 Å². The summed E-state index contributed by atoms with van der Waals surface area (Å²) in [6, 6.07) is 10.3. The van der Waals surface area contributed by atoms with Gasteiger partial charge in [0.25, 0.3) is 0 Å². The van der Waals surface area contributed by atoms with E-state index in [1.54, 1.807) is 19.2 Å². The summed E-state index contributed by atoms with van der Waals surface area (Å²) in [5.74, 6) is 1.28. The molecule has 0 fully saturated rings. The van der Waals surface area contributed by atoms with Crippen LogP contribution < -0.4 is 9.47 Å². The van der Waals surface area contributed by atoms with Crippen LogP contribution in [0, 0.1) is 5.82 Å². The highest BCUT2D eigenvalue weighted by atomic mass is 79.9. The lowest BCUT2D eigenvalue weighted by Crippen LogP contribution is -2.00.